The number of piperidine rings is 1. The molecule has 0 bridgehead atoms. The molecule has 1 fully saturated rings. The van der Waals surface area contributed by atoms with Gasteiger partial charge in [-0.25, -0.2) is 0 Å². The van der Waals surface area contributed by atoms with Crippen molar-refractivity contribution in [3.05, 3.63) is 17.8 Å². The lowest BCUT2D eigenvalue weighted by atomic mass is 9.98. The Morgan fingerprint density at radius 2 is 2.12 bits per heavy atom. The first-order chi connectivity index (χ1) is 8.20. The molecule has 1 aliphatic rings. The van der Waals surface area contributed by atoms with Crippen LogP contribution in [0.3, 0.4) is 0 Å². The number of nitrogens with zero attached hydrogens (tertiary/aromatic N) is 3. The highest BCUT2D eigenvalue weighted by molar-refractivity contribution is 5.90. The van der Waals surface area contributed by atoms with Gasteiger partial charge in [-0.1, -0.05) is 0 Å². The van der Waals surface area contributed by atoms with E-state index in [-0.39, 0.29) is 12.3 Å². The van der Waals surface area contributed by atoms with Crippen LogP contribution in [0, 0.1) is 5.92 Å². The highest BCUT2D eigenvalue weighted by Crippen LogP contribution is 2.20. The number of rotatable bonds is 3. The normalized spacial score (nSPS) is 17.1. The molecule has 92 valence electrons. The first-order valence-corrected chi connectivity index (χ1v) is 5.70. The molecule has 6 nitrogen and oxygen atoms in total. The van der Waals surface area contributed by atoms with E-state index >= 15 is 0 Å². The number of carbonyl (C=O) groups is 1. The summed E-state index contributed by atoms with van der Waals surface area (Å²) in [5, 5.41) is 16.8. The van der Waals surface area contributed by atoms with Crippen LogP contribution in [0.4, 0.5) is 5.82 Å². The molecule has 0 spiro atoms. The predicted molar refractivity (Wildman–Crippen MR) is 62.6 cm³/mol. The van der Waals surface area contributed by atoms with E-state index in [1.54, 1.807) is 12.1 Å². The van der Waals surface area contributed by atoms with Crippen LogP contribution in [0.1, 0.15) is 23.3 Å². The molecule has 2 heterocycles. The minimum absolute atomic E-state index is 0.180. The summed E-state index contributed by atoms with van der Waals surface area (Å²) >= 11 is 0. The van der Waals surface area contributed by atoms with E-state index in [0.29, 0.717) is 5.92 Å². The summed E-state index contributed by atoms with van der Waals surface area (Å²) in [6, 6.07) is 3.34. The molecule has 1 saturated heterocycles. The van der Waals surface area contributed by atoms with Crippen LogP contribution < -0.4 is 10.6 Å². The maximum absolute atomic E-state index is 10.8. The molecule has 0 unspecified atom stereocenters. The van der Waals surface area contributed by atoms with Gasteiger partial charge in [0.2, 0.25) is 0 Å². The monoisotopic (exact) mass is 236 g/mol. The maximum Gasteiger partial charge on any atom is 0.269 e. The van der Waals surface area contributed by atoms with Gasteiger partial charge in [0, 0.05) is 19.7 Å². The van der Waals surface area contributed by atoms with E-state index in [2.05, 4.69) is 15.1 Å². The standard InChI is InChI=1S/C11H16N4O2/c12-11(17)9-1-2-10(14-13-9)15-5-3-8(7-16)4-6-15/h1-2,8,16H,3-7H2,(H2,12,17). The van der Waals surface area contributed by atoms with Gasteiger partial charge in [0.25, 0.3) is 5.91 Å². The maximum atomic E-state index is 10.8. The minimum Gasteiger partial charge on any atom is -0.396 e. The van der Waals surface area contributed by atoms with Crippen LogP contribution in [0.15, 0.2) is 12.1 Å². The van der Waals surface area contributed by atoms with Gasteiger partial charge in [0.1, 0.15) is 0 Å². The molecule has 3 N–H and O–H groups in total. The number of aliphatic hydroxyl groups is 1. The summed E-state index contributed by atoms with van der Waals surface area (Å²) in [6.45, 7) is 1.96. The molecule has 1 amide bonds. The molecule has 1 aromatic rings. The van der Waals surface area contributed by atoms with Crippen molar-refractivity contribution in [3.8, 4) is 0 Å². The Kier molecular flexibility index (Phi) is 3.53. The highest BCUT2D eigenvalue weighted by Gasteiger charge is 2.19. The summed E-state index contributed by atoms with van der Waals surface area (Å²) in [6.07, 6.45) is 1.91. The third-order valence-corrected chi connectivity index (χ3v) is 3.10. The molecule has 1 aliphatic heterocycles. The average Bonchev–Trinajstić information content (AvgIpc) is 2.39. The van der Waals surface area contributed by atoms with Crippen molar-refractivity contribution in [1.82, 2.24) is 10.2 Å². The zero-order valence-electron chi connectivity index (χ0n) is 9.54. The summed E-state index contributed by atoms with van der Waals surface area (Å²) in [7, 11) is 0. The molecular weight excluding hydrogens is 220 g/mol. The second-order valence-electron chi connectivity index (χ2n) is 4.25. The first-order valence-electron chi connectivity index (χ1n) is 5.70. The molecule has 17 heavy (non-hydrogen) atoms. The third kappa shape index (κ3) is 2.71. The molecule has 0 saturated carbocycles. The SMILES string of the molecule is NC(=O)c1ccc(N2CCC(CO)CC2)nn1. The quantitative estimate of drug-likeness (QED) is 0.757. The smallest absolute Gasteiger partial charge is 0.269 e. The number of hydrogen-bond acceptors (Lipinski definition) is 5. The van der Waals surface area contributed by atoms with Crippen LogP contribution in [0.25, 0.3) is 0 Å². The summed E-state index contributed by atoms with van der Waals surface area (Å²) in [5.41, 5.74) is 5.28. The lowest BCUT2D eigenvalue weighted by molar-refractivity contribution is 0.0994. The van der Waals surface area contributed by atoms with Crippen LogP contribution >= 0.6 is 0 Å². The van der Waals surface area contributed by atoms with E-state index in [1.807, 2.05) is 0 Å². The Labute approximate surface area is 99.4 Å². The van der Waals surface area contributed by atoms with Gasteiger partial charge in [0.05, 0.1) is 0 Å². The minimum atomic E-state index is -0.567. The van der Waals surface area contributed by atoms with Crippen LogP contribution in [0.5, 0.6) is 0 Å². The van der Waals surface area contributed by atoms with Crippen LogP contribution in [0.2, 0.25) is 0 Å². The molecule has 2 rings (SSSR count). The molecule has 6 heteroatoms. The average molecular weight is 236 g/mol. The lowest BCUT2D eigenvalue weighted by Crippen LogP contribution is -2.35. The number of primary amides is 1. The van der Waals surface area contributed by atoms with Gasteiger partial charge in [-0.15, -0.1) is 10.2 Å². The Hall–Kier alpha value is -1.69. The van der Waals surface area contributed by atoms with Gasteiger partial charge in [-0.3, -0.25) is 4.79 Å². The van der Waals surface area contributed by atoms with E-state index in [4.69, 9.17) is 10.8 Å². The van der Waals surface area contributed by atoms with Crippen LogP contribution in [-0.2, 0) is 0 Å². The number of amides is 1. The Bertz CT molecular complexity index is 385. The van der Waals surface area contributed by atoms with Gasteiger partial charge in [-0.05, 0) is 30.9 Å². The molecule has 0 aliphatic carbocycles. The van der Waals surface area contributed by atoms with Crippen molar-refractivity contribution in [2.45, 2.75) is 12.8 Å². The van der Waals surface area contributed by atoms with Gasteiger partial charge < -0.3 is 15.7 Å². The lowest BCUT2D eigenvalue weighted by Gasteiger charge is -2.31. The van der Waals surface area contributed by atoms with Crippen molar-refractivity contribution in [2.75, 3.05) is 24.6 Å². The molecule has 1 aromatic heterocycles. The van der Waals surface area contributed by atoms with Gasteiger partial charge in [-0.2, -0.15) is 0 Å². The molecule has 0 aromatic carbocycles. The highest BCUT2D eigenvalue weighted by atomic mass is 16.3. The Balaban J connectivity index is 2.01. The largest absolute Gasteiger partial charge is 0.396 e. The van der Waals surface area contributed by atoms with Crippen molar-refractivity contribution < 1.29 is 9.90 Å². The second-order valence-corrected chi connectivity index (χ2v) is 4.25. The summed E-state index contributed by atoms with van der Waals surface area (Å²) < 4.78 is 0. The summed E-state index contributed by atoms with van der Waals surface area (Å²) in [5.74, 6) is 0.582. The predicted octanol–water partition coefficient (Wildman–Crippen LogP) is -0.216. The molecule has 0 atom stereocenters. The van der Waals surface area contributed by atoms with Crippen molar-refractivity contribution in [1.29, 1.82) is 0 Å². The molecule has 0 radical (unpaired) electrons. The third-order valence-electron chi connectivity index (χ3n) is 3.10. The number of hydrogen-bond donors (Lipinski definition) is 2. The first kappa shape index (κ1) is 11.8. The van der Waals surface area contributed by atoms with E-state index in [9.17, 15) is 4.79 Å². The fraction of sp³-hybridized carbons (Fsp3) is 0.545. The number of aromatic nitrogens is 2. The fourth-order valence-corrected chi connectivity index (χ4v) is 1.97. The van der Waals surface area contributed by atoms with Crippen molar-refractivity contribution in [3.63, 3.8) is 0 Å². The number of aliphatic hydroxyl groups excluding tert-OH is 1. The Morgan fingerprint density at radius 1 is 1.41 bits per heavy atom. The number of anilines is 1. The summed E-state index contributed by atoms with van der Waals surface area (Å²) in [4.78, 5) is 12.9. The zero-order valence-corrected chi connectivity index (χ0v) is 9.54. The van der Waals surface area contributed by atoms with E-state index < -0.39 is 5.91 Å². The molecular formula is C11H16N4O2. The van der Waals surface area contributed by atoms with Gasteiger partial charge in [0.15, 0.2) is 11.5 Å². The van der Waals surface area contributed by atoms with Crippen molar-refractivity contribution >= 4 is 11.7 Å². The van der Waals surface area contributed by atoms with Gasteiger partial charge >= 0.3 is 0 Å². The Morgan fingerprint density at radius 3 is 2.59 bits per heavy atom. The zero-order chi connectivity index (χ0) is 12.3. The topological polar surface area (TPSA) is 92.3 Å². The van der Waals surface area contributed by atoms with Crippen molar-refractivity contribution in [2.24, 2.45) is 11.7 Å². The number of nitrogens with two attached hydrogens (primary N) is 1. The fourth-order valence-electron chi connectivity index (χ4n) is 1.97. The number of carbonyl (C=O) groups excluding carboxylic acids is 1. The van der Waals surface area contributed by atoms with E-state index in [0.717, 1.165) is 31.7 Å². The van der Waals surface area contributed by atoms with E-state index in [1.165, 1.54) is 0 Å². The van der Waals surface area contributed by atoms with Crippen LogP contribution in [-0.4, -0.2) is 40.9 Å². The second kappa shape index (κ2) is 5.09.